The number of ether oxygens (including phenoxy) is 1. The standard InChI is InChI=1S/C16H14ClN3O4/c1-9-18-14(24-19-9)8-23-10-6-20(7-10)16(21)12-2-3-13(17)15-11(12)4-5-22-15/h2-5,10H,6-8H2,1H3. The van der Waals surface area contributed by atoms with E-state index in [0.29, 0.717) is 41.0 Å². The van der Waals surface area contributed by atoms with E-state index in [1.807, 2.05) is 0 Å². The highest BCUT2D eigenvalue weighted by Gasteiger charge is 2.33. The van der Waals surface area contributed by atoms with Gasteiger partial charge in [-0.3, -0.25) is 4.79 Å². The first-order valence-electron chi connectivity index (χ1n) is 7.47. The van der Waals surface area contributed by atoms with E-state index in [0.717, 1.165) is 5.39 Å². The molecule has 4 rings (SSSR count). The van der Waals surface area contributed by atoms with Crippen LogP contribution in [0.1, 0.15) is 22.1 Å². The molecule has 3 aromatic rings. The Labute approximate surface area is 142 Å². The molecule has 1 aromatic carbocycles. The van der Waals surface area contributed by atoms with Crippen molar-refractivity contribution in [3.63, 3.8) is 0 Å². The molecule has 0 N–H and O–H groups in total. The minimum absolute atomic E-state index is 0.0340. The molecule has 0 bridgehead atoms. The zero-order chi connectivity index (χ0) is 16.7. The Morgan fingerprint density at radius 2 is 2.25 bits per heavy atom. The third-order valence-electron chi connectivity index (χ3n) is 3.95. The molecule has 24 heavy (non-hydrogen) atoms. The summed E-state index contributed by atoms with van der Waals surface area (Å²) in [6.07, 6.45) is 1.50. The average molecular weight is 348 g/mol. The van der Waals surface area contributed by atoms with Crippen molar-refractivity contribution in [1.82, 2.24) is 15.0 Å². The number of amides is 1. The lowest BCUT2D eigenvalue weighted by Gasteiger charge is -2.38. The molecule has 1 aliphatic heterocycles. The lowest BCUT2D eigenvalue weighted by atomic mass is 10.1. The predicted molar refractivity (Wildman–Crippen MR) is 84.7 cm³/mol. The van der Waals surface area contributed by atoms with E-state index in [2.05, 4.69) is 10.1 Å². The van der Waals surface area contributed by atoms with Crippen LogP contribution >= 0.6 is 11.6 Å². The van der Waals surface area contributed by atoms with Gasteiger partial charge >= 0.3 is 0 Å². The van der Waals surface area contributed by atoms with Crippen molar-refractivity contribution in [3.05, 3.63) is 46.8 Å². The van der Waals surface area contributed by atoms with Crippen molar-refractivity contribution < 1.29 is 18.5 Å². The van der Waals surface area contributed by atoms with E-state index in [9.17, 15) is 4.79 Å². The van der Waals surface area contributed by atoms with Gasteiger partial charge < -0.3 is 18.6 Å². The predicted octanol–water partition coefficient (Wildman–Crippen LogP) is 2.82. The maximum absolute atomic E-state index is 12.6. The molecule has 0 saturated carbocycles. The van der Waals surface area contributed by atoms with E-state index in [-0.39, 0.29) is 18.6 Å². The fraction of sp³-hybridized carbons (Fsp3) is 0.312. The van der Waals surface area contributed by atoms with Crippen LogP contribution in [0.2, 0.25) is 5.02 Å². The minimum Gasteiger partial charge on any atom is -0.463 e. The van der Waals surface area contributed by atoms with Crippen molar-refractivity contribution in [1.29, 1.82) is 0 Å². The number of hydrogen-bond donors (Lipinski definition) is 0. The lowest BCUT2D eigenvalue weighted by Crippen LogP contribution is -2.54. The largest absolute Gasteiger partial charge is 0.463 e. The number of carbonyl (C=O) groups is 1. The molecule has 1 saturated heterocycles. The SMILES string of the molecule is Cc1noc(COC2CN(C(=O)c3ccc(Cl)c4occc34)C2)n1. The first-order chi connectivity index (χ1) is 11.6. The quantitative estimate of drug-likeness (QED) is 0.721. The number of furan rings is 1. The highest BCUT2D eigenvalue weighted by atomic mass is 35.5. The van der Waals surface area contributed by atoms with Gasteiger partial charge in [-0.05, 0) is 25.1 Å². The molecule has 2 aromatic heterocycles. The summed E-state index contributed by atoms with van der Waals surface area (Å²) >= 11 is 6.07. The summed E-state index contributed by atoms with van der Waals surface area (Å²) in [7, 11) is 0. The lowest BCUT2D eigenvalue weighted by molar-refractivity contribution is -0.0568. The van der Waals surface area contributed by atoms with Gasteiger partial charge in [-0.1, -0.05) is 16.8 Å². The van der Waals surface area contributed by atoms with Gasteiger partial charge in [-0.2, -0.15) is 4.98 Å². The molecule has 1 amide bonds. The van der Waals surface area contributed by atoms with Crippen molar-refractivity contribution in [2.45, 2.75) is 19.6 Å². The molecule has 124 valence electrons. The monoisotopic (exact) mass is 347 g/mol. The number of aromatic nitrogens is 2. The fourth-order valence-electron chi connectivity index (χ4n) is 2.68. The van der Waals surface area contributed by atoms with Crippen molar-refractivity contribution in [2.24, 2.45) is 0 Å². The smallest absolute Gasteiger partial charge is 0.254 e. The van der Waals surface area contributed by atoms with E-state index in [1.54, 1.807) is 30.0 Å². The molecule has 1 aliphatic rings. The molecule has 1 fully saturated rings. The van der Waals surface area contributed by atoms with E-state index in [1.165, 1.54) is 6.26 Å². The Morgan fingerprint density at radius 1 is 1.42 bits per heavy atom. The normalized spacial score (nSPS) is 15.0. The van der Waals surface area contributed by atoms with Crippen LogP contribution in [0, 0.1) is 6.92 Å². The second-order valence-electron chi connectivity index (χ2n) is 5.64. The van der Waals surface area contributed by atoms with Crippen LogP contribution in [0.5, 0.6) is 0 Å². The zero-order valence-corrected chi connectivity index (χ0v) is 13.6. The van der Waals surface area contributed by atoms with E-state index < -0.39 is 0 Å². The Morgan fingerprint density at radius 3 is 3.00 bits per heavy atom. The summed E-state index contributed by atoms with van der Waals surface area (Å²) in [5.41, 5.74) is 1.11. The number of nitrogens with zero attached hydrogens (tertiary/aromatic N) is 3. The third-order valence-corrected chi connectivity index (χ3v) is 4.24. The van der Waals surface area contributed by atoms with Gasteiger partial charge in [0.2, 0.25) is 0 Å². The van der Waals surface area contributed by atoms with Crippen molar-refractivity contribution >= 4 is 28.5 Å². The molecule has 7 nitrogen and oxygen atoms in total. The molecule has 0 spiro atoms. The molecular weight excluding hydrogens is 334 g/mol. The Bertz CT molecular complexity index is 898. The van der Waals surface area contributed by atoms with Crippen LogP contribution < -0.4 is 0 Å². The number of halogens is 1. The van der Waals surface area contributed by atoms with Gasteiger partial charge in [0.15, 0.2) is 11.4 Å². The summed E-state index contributed by atoms with van der Waals surface area (Å²) < 4.78 is 16.0. The van der Waals surface area contributed by atoms with Crippen LogP contribution in [-0.2, 0) is 11.3 Å². The molecular formula is C16H14ClN3O4. The highest BCUT2D eigenvalue weighted by molar-refractivity contribution is 6.35. The van der Waals surface area contributed by atoms with Crippen LogP contribution in [0.15, 0.2) is 33.4 Å². The van der Waals surface area contributed by atoms with Crippen LogP contribution in [0.25, 0.3) is 11.0 Å². The highest BCUT2D eigenvalue weighted by Crippen LogP contribution is 2.29. The van der Waals surface area contributed by atoms with Gasteiger partial charge in [0.05, 0.1) is 23.0 Å². The number of hydrogen-bond acceptors (Lipinski definition) is 6. The maximum Gasteiger partial charge on any atom is 0.254 e. The average Bonchev–Trinajstić information content (AvgIpc) is 3.15. The van der Waals surface area contributed by atoms with Gasteiger partial charge in [-0.15, -0.1) is 0 Å². The first kappa shape index (κ1) is 15.2. The number of carbonyl (C=O) groups excluding carboxylic acids is 1. The Hall–Kier alpha value is -2.38. The van der Waals surface area contributed by atoms with Crippen LogP contribution in [-0.4, -0.2) is 40.1 Å². The summed E-state index contributed by atoms with van der Waals surface area (Å²) in [5, 5.41) is 4.91. The van der Waals surface area contributed by atoms with Crippen molar-refractivity contribution in [2.75, 3.05) is 13.1 Å². The molecule has 3 heterocycles. The van der Waals surface area contributed by atoms with Crippen LogP contribution in [0.3, 0.4) is 0 Å². The molecule has 8 heteroatoms. The summed E-state index contributed by atoms with van der Waals surface area (Å²) in [5.74, 6) is 0.951. The fourth-order valence-corrected chi connectivity index (χ4v) is 2.89. The van der Waals surface area contributed by atoms with E-state index in [4.69, 9.17) is 25.3 Å². The molecule has 0 atom stereocenters. The van der Waals surface area contributed by atoms with Crippen LogP contribution in [0.4, 0.5) is 0 Å². The topological polar surface area (TPSA) is 81.6 Å². The molecule has 0 unspecified atom stereocenters. The number of likely N-dealkylation sites (tertiary alicyclic amines) is 1. The van der Waals surface area contributed by atoms with Crippen molar-refractivity contribution in [3.8, 4) is 0 Å². The van der Waals surface area contributed by atoms with Gasteiger partial charge in [0, 0.05) is 18.5 Å². The molecule has 0 aliphatic carbocycles. The Kier molecular flexibility index (Phi) is 3.74. The number of rotatable bonds is 4. The summed E-state index contributed by atoms with van der Waals surface area (Å²) in [6, 6.07) is 5.14. The Balaban J connectivity index is 1.38. The second kappa shape index (κ2) is 5.92. The summed E-state index contributed by atoms with van der Waals surface area (Å²) in [4.78, 5) is 18.4. The minimum atomic E-state index is -0.0634. The number of benzene rings is 1. The maximum atomic E-state index is 12.6. The number of fused-ring (bicyclic) bond motifs is 1. The third kappa shape index (κ3) is 2.65. The first-order valence-corrected chi connectivity index (χ1v) is 7.85. The molecule has 0 radical (unpaired) electrons. The number of aryl methyl sites for hydroxylation is 1. The van der Waals surface area contributed by atoms with Gasteiger partial charge in [0.1, 0.15) is 6.61 Å². The second-order valence-corrected chi connectivity index (χ2v) is 6.04. The van der Waals surface area contributed by atoms with Gasteiger partial charge in [-0.25, -0.2) is 0 Å². The van der Waals surface area contributed by atoms with E-state index >= 15 is 0 Å². The summed E-state index contributed by atoms with van der Waals surface area (Å²) in [6.45, 7) is 3.04. The zero-order valence-electron chi connectivity index (χ0n) is 12.9. The van der Waals surface area contributed by atoms with Gasteiger partial charge in [0.25, 0.3) is 11.8 Å².